The van der Waals surface area contributed by atoms with Crippen molar-refractivity contribution in [3.05, 3.63) is 35.9 Å². The third-order valence-electron chi connectivity index (χ3n) is 3.84. The maximum absolute atomic E-state index is 12.3. The lowest BCUT2D eigenvalue weighted by molar-refractivity contribution is -0.150. The van der Waals surface area contributed by atoms with Gasteiger partial charge < -0.3 is 14.3 Å². The van der Waals surface area contributed by atoms with Crippen LogP contribution in [-0.2, 0) is 25.7 Å². The molecule has 2 unspecified atom stereocenters. The molecule has 1 aliphatic rings. The van der Waals surface area contributed by atoms with Gasteiger partial charge in [-0.1, -0.05) is 30.3 Å². The summed E-state index contributed by atoms with van der Waals surface area (Å²) in [6.45, 7) is 2.31. The number of piperidine rings is 1. The lowest BCUT2D eigenvalue weighted by atomic mass is 9.93. The third-order valence-corrected chi connectivity index (χ3v) is 3.84. The van der Waals surface area contributed by atoms with E-state index >= 15 is 0 Å². The molecular weight excluding hydrogens is 298 g/mol. The van der Waals surface area contributed by atoms with Crippen LogP contribution in [0.15, 0.2) is 30.3 Å². The van der Waals surface area contributed by atoms with Gasteiger partial charge in [-0.2, -0.15) is 0 Å². The average Bonchev–Trinajstić information content (AvgIpc) is 2.60. The number of ether oxygens (including phenoxy) is 2. The number of carbonyl (C=O) groups is 3. The van der Waals surface area contributed by atoms with Crippen molar-refractivity contribution in [2.45, 2.75) is 32.4 Å². The van der Waals surface area contributed by atoms with E-state index in [9.17, 15) is 14.4 Å². The van der Waals surface area contributed by atoms with Crippen molar-refractivity contribution in [3.8, 4) is 0 Å². The monoisotopic (exact) mass is 319 g/mol. The van der Waals surface area contributed by atoms with Gasteiger partial charge in [-0.05, 0) is 25.3 Å². The summed E-state index contributed by atoms with van der Waals surface area (Å²) in [7, 11) is 0. The SMILES string of the molecule is CCOC(=O)C1CCC(C=O)N(C(=O)OCc2ccccc2)C1. The summed E-state index contributed by atoms with van der Waals surface area (Å²) in [6.07, 6.45) is 1.11. The molecule has 6 heteroatoms. The minimum atomic E-state index is -0.583. The number of benzene rings is 1. The van der Waals surface area contributed by atoms with E-state index in [1.54, 1.807) is 6.92 Å². The second kappa shape index (κ2) is 8.31. The number of carbonyl (C=O) groups excluding carboxylic acids is 3. The molecule has 124 valence electrons. The van der Waals surface area contributed by atoms with Crippen LogP contribution in [0, 0.1) is 5.92 Å². The Morgan fingerprint density at radius 3 is 2.61 bits per heavy atom. The molecule has 0 N–H and O–H groups in total. The molecular formula is C17H21NO5. The van der Waals surface area contributed by atoms with E-state index in [2.05, 4.69) is 0 Å². The number of nitrogens with zero attached hydrogens (tertiary/aromatic N) is 1. The number of hydrogen-bond acceptors (Lipinski definition) is 5. The maximum atomic E-state index is 12.3. The fourth-order valence-electron chi connectivity index (χ4n) is 2.60. The first-order chi connectivity index (χ1) is 11.2. The summed E-state index contributed by atoms with van der Waals surface area (Å²) in [5, 5.41) is 0. The van der Waals surface area contributed by atoms with Crippen LogP contribution >= 0.6 is 0 Å². The van der Waals surface area contributed by atoms with Gasteiger partial charge in [-0.3, -0.25) is 9.69 Å². The maximum Gasteiger partial charge on any atom is 0.410 e. The van der Waals surface area contributed by atoms with Crippen LogP contribution in [0.1, 0.15) is 25.3 Å². The zero-order chi connectivity index (χ0) is 16.7. The van der Waals surface area contributed by atoms with E-state index in [-0.39, 0.29) is 19.1 Å². The Morgan fingerprint density at radius 1 is 1.22 bits per heavy atom. The molecule has 1 saturated heterocycles. The molecule has 0 saturated carbocycles. The van der Waals surface area contributed by atoms with E-state index in [0.717, 1.165) is 11.8 Å². The molecule has 1 fully saturated rings. The summed E-state index contributed by atoms with van der Waals surface area (Å²) >= 11 is 0. The van der Waals surface area contributed by atoms with Crippen molar-refractivity contribution in [2.75, 3.05) is 13.2 Å². The van der Waals surface area contributed by atoms with E-state index in [4.69, 9.17) is 9.47 Å². The summed E-state index contributed by atoms with van der Waals surface area (Å²) in [5.74, 6) is -0.742. The number of amides is 1. The molecule has 2 atom stereocenters. The van der Waals surface area contributed by atoms with Crippen molar-refractivity contribution in [1.82, 2.24) is 4.90 Å². The number of likely N-dealkylation sites (tertiary alicyclic amines) is 1. The number of rotatable bonds is 5. The number of esters is 1. The topological polar surface area (TPSA) is 72.9 Å². The molecule has 6 nitrogen and oxygen atoms in total. The van der Waals surface area contributed by atoms with Gasteiger partial charge in [-0.25, -0.2) is 4.79 Å². The fourth-order valence-corrected chi connectivity index (χ4v) is 2.60. The van der Waals surface area contributed by atoms with Crippen molar-refractivity contribution < 1.29 is 23.9 Å². The summed E-state index contributed by atoms with van der Waals surface area (Å²) in [5.41, 5.74) is 0.863. The van der Waals surface area contributed by atoms with E-state index in [1.807, 2.05) is 30.3 Å². The Morgan fingerprint density at radius 2 is 1.96 bits per heavy atom. The van der Waals surface area contributed by atoms with Gasteiger partial charge >= 0.3 is 12.1 Å². The first kappa shape index (κ1) is 17.0. The van der Waals surface area contributed by atoms with Gasteiger partial charge in [0.2, 0.25) is 0 Å². The van der Waals surface area contributed by atoms with Crippen LogP contribution in [0.2, 0.25) is 0 Å². The van der Waals surface area contributed by atoms with Gasteiger partial charge in [0.1, 0.15) is 12.9 Å². The van der Waals surface area contributed by atoms with Crippen LogP contribution in [0.4, 0.5) is 4.79 Å². The van der Waals surface area contributed by atoms with E-state index in [0.29, 0.717) is 19.4 Å². The van der Waals surface area contributed by atoms with E-state index in [1.165, 1.54) is 4.90 Å². The third kappa shape index (κ3) is 4.55. The molecule has 0 aromatic heterocycles. The Kier molecular flexibility index (Phi) is 6.14. The highest BCUT2D eigenvalue weighted by molar-refractivity contribution is 5.77. The number of hydrogen-bond donors (Lipinski definition) is 0. The normalized spacial score (nSPS) is 20.7. The molecule has 23 heavy (non-hydrogen) atoms. The van der Waals surface area contributed by atoms with Gasteiger partial charge in [0.05, 0.1) is 18.6 Å². The van der Waals surface area contributed by atoms with Crippen LogP contribution in [0.3, 0.4) is 0 Å². The zero-order valence-electron chi connectivity index (χ0n) is 13.1. The first-order valence-electron chi connectivity index (χ1n) is 7.75. The van der Waals surface area contributed by atoms with E-state index < -0.39 is 18.1 Å². The highest BCUT2D eigenvalue weighted by atomic mass is 16.6. The van der Waals surface area contributed by atoms with Gasteiger partial charge in [0.25, 0.3) is 0 Å². The van der Waals surface area contributed by atoms with Crippen molar-refractivity contribution in [2.24, 2.45) is 5.92 Å². The standard InChI is InChI=1S/C17H21NO5/c1-2-22-16(20)14-8-9-15(11-19)18(10-14)17(21)23-12-13-6-4-3-5-7-13/h3-7,11,14-15H,2,8-10,12H2,1H3. The Hall–Kier alpha value is -2.37. The highest BCUT2D eigenvalue weighted by Gasteiger charge is 2.36. The average molecular weight is 319 g/mol. The molecule has 1 aromatic rings. The Bertz CT molecular complexity index is 545. The van der Waals surface area contributed by atoms with Crippen molar-refractivity contribution >= 4 is 18.3 Å². The smallest absolute Gasteiger partial charge is 0.410 e. The fraction of sp³-hybridized carbons (Fsp3) is 0.471. The van der Waals surface area contributed by atoms with Crippen LogP contribution < -0.4 is 0 Å². The molecule has 1 heterocycles. The Balaban J connectivity index is 1.96. The predicted octanol–water partition coefficient (Wildman–Crippen LogP) is 2.17. The largest absolute Gasteiger partial charge is 0.466 e. The quantitative estimate of drug-likeness (QED) is 0.614. The van der Waals surface area contributed by atoms with Crippen molar-refractivity contribution in [1.29, 1.82) is 0 Å². The Labute approximate surface area is 135 Å². The highest BCUT2D eigenvalue weighted by Crippen LogP contribution is 2.23. The molecule has 2 rings (SSSR count). The molecule has 0 spiro atoms. The number of aldehydes is 1. The van der Waals surface area contributed by atoms with Gasteiger partial charge in [-0.15, -0.1) is 0 Å². The molecule has 1 aliphatic heterocycles. The van der Waals surface area contributed by atoms with Gasteiger partial charge in [0, 0.05) is 6.54 Å². The summed E-state index contributed by atoms with van der Waals surface area (Å²) in [6, 6.07) is 8.74. The van der Waals surface area contributed by atoms with Gasteiger partial charge in [0.15, 0.2) is 0 Å². The summed E-state index contributed by atoms with van der Waals surface area (Å²) < 4.78 is 10.3. The molecule has 0 aliphatic carbocycles. The predicted molar refractivity (Wildman–Crippen MR) is 82.5 cm³/mol. The first-order valence-corrected chi connectivity index (χ1v) is 7.75. The van der Waals surface area contributed by atoms with Crippen LogP contribution in [0.5, 0.6) is 0 Å². The molecule has 0 radical (unpaired) electrons. The zero-order valence-corrected chi connectivity index (χ0v) is 13.1. The molecule has 1 amide bonds. The lowest BCUT2D eigenvalue weighted by Crippen LogP contribution is -2.49. The summed E-state index contributed by atoms with van der Waals surface area (Å²) in [4.78, 5) is 36.6. The lowest BCUT2D eigenvalue weighted by Gasteiger charge is -2.35. The van der Waals surface area contributed by atoms with Crippen LogP contribution in [0.25, 0.3) is 0 Å². The second-order valence-corrected chi connectivity index (χ2v) is 5.42. The van der Waals surface area contributed by atoms with Crippen molar-refractivity contribution in [3.63, 3.8) is 0 Å². The second-order valence-electron chi connectivity index (χ2n) is 5.42. The minimum absolute atomic E-state index is 0.131. The van der Waals surface area contributed by atoms with Crippen LogP contribution in [-0.4, -0.2) is 42.4 Å². The molecule has 0 bridgehead atoms. The minimum Gasteiger partial charge on any atom is -0.466 e. The molecule has 1 aromatic carbocycles.